The Kier molecular flexibility index (Phi) is 3.47. The predicted molar refractivity (Wildman–Crippen MR) is 80.6 cm³/mol. The quantitative estimate of drug-likeness (QED) is 0.882. The fourth-order valence-corrected chi connectivity index (χ4v) is 3.30. The number of carboxylic acids is 1. The molecule has 2 aromatic rings. The van der Waals surface area contributed by atoms with Crippen molar-refractivity contribution in [3.63, 3.8) is 0 Å². The second-order valence-electron chi connectivity index (χ2n) is 5.52. The number of carbonyl (C=O) groups is 2. The van der Waals surface area contributed by atoms with Crippen molar-refractivity contribution in [2.75, 3.05) is 13.1 Å². The molecule has 1 aliphatic heterocycles. The number of fused-ring (bicyclic) bond motifs is 1. The summed E-state index contributed by atoms with van der Waals surface area (Å²) in [5.41, 5.74) is -0.828. The Morgan fingerprint density at radius 1 is 1.41 bits per heavy atom. The highest BCUT2D eigenvalue weighted by molar-refractivity contribution is 9.10. The summed E-state index contributed by atoms with van der Waals surface area (Å²) >= 11 is 3.37. The Labute approximate surface area is 133 Å². The van der Waals surface area contributed by atoms with Crippen molar-refractivity contribution in [2.24, 2.45) is 0 Å². The first kappa shape index (κ1) is 15.0. The van der Waals surface area contributed by atoms with Gasteiger partial charge < -0.3 is 14.4 Å². The van der Waals surface area contributed by atoms with Crippen molar-refractivity contribution in [1.82, 2.24) is 4.90 Å². The smallest absolute Gasteiger partial charge is 0.343 e. The number of likely N-dealkylation sites (tertiary alicyclic amines) is 1. The van der Waals surface area contributed by atoms with E-state index in [1.807, 2.05) is 19.1 Å². The molecular weight excluding hydrogens is 357 g/mol. The molecule has 0 bridgehead atoms. The predicted octanol–water partition coefficient (Wildman–Crippen LogP) is 3.14. The molecule has 5 nitrogen and oxygen atoms in total. The van der Waals surface area contributed by atoms with Gasteiger partial charge in [0.2, 0.25) is 5.67 Å². The van der Waals surface area contributed by atoms with Crippen molar-refractivity contribution in [3.8, 4) is 0 Å². The lowest BCUT2D eigenvalue weighted by Gasteiger charge is -2.16. The van der Waals surface area contributed by atoms with Crippen LogP contribution in [0.5, 0.6) is 0 Å². The molecular formula is C15H13BrFNO4. The van der Waals surface area contributed by atoms with E-state index in [2.05, 4.69) is 15.9 Å². The van der Waals surface area contributed by atoms with Crippen LogP contribution in [0.3, 0.4) is 0 Å². The second-order valence-corrected chi connectivity index (χ2v) is 6.38. The first-order valence-corrected chi connectivity index (χ1v) is 7.51. The van der Waals surface area contributed by atoms with E-state index in [9.17, 15) is 14.0 Å². The number of carboxylic acid groups (broad SMARTS) is 1. The number of furan rings is 1. The highest BCUT2D eigenvalue weighted by atomic mass is 79.9. The minimum absolute atomic E-state index is 0.0544. The monoisotopic (exact) mass is 369 g/mol. The van der Waals surface area contributed by atoms with Gasteiger partial charge in [-0.25, -0.2) is 9.18 Å². The maximum absolute atomic E-state index is 14.1. The molecule has 0 radical (unpaired) electrons. The first-order valence-electron chi connectivity index (χ1n) is 6.71. The summed E-state index contributed by atoms with van der Waals surface area (Å²) in [6.07, 6.45) is -0.211. The lowest BCUT2D eigenvalue weighted by Crippen LogP contribution is -2.38. The Morgan fingerprint density at radius 2 is 2.14 bits per heavy atom. The zero-order valence-electron chi connectivity index (χ0n) is 11.7. The van der Waals surface area contributed by atoms with Gasteiger partial charge in [0.05, 0.1) is 11.0 Å². The van der Waals surface area contributed by atoms with Gasteiger partial charge in [-0.3, -0.25) is 4.79 Å². The molecule has 1 aromatic heterocycles. The van der Waals surface area contributed by atoms with Crippen molar-refractivity contribution >= 4 is 38.8 Å². The molecule has 0 spiro atoms. The molecule has 2 heterocycles. The van der Waals surface area contributed by atoms with Crippen molar-refractivity contribution in [1.29, 1.82) is 0 Å². The number of hydrogen-bond acceptors (Lipinski definition) is 3. The van der Waals surface area contributed by atoms with Crippen LogP contribution in [0.25, 0.3) is 11.0 Å². The van der Waals surface area contributed by atoms with Gasteiger partial charge in [-0.05, 0) is 46.6 Å². The first-order chi connectivity index (χ1) is 10.3. The van der Waals surface area contributed by atoms with Crippen LogP contribution in [0, 0.1) is 6.92 Å². The average molecular weight is 370 g/mol. The molecule has 1 atom stereocenters. The Balaban J connectivity index is 1.90. The topological polar surface area (TPSA) is 70.8 Å². The van der Waals surface area contributed by atoms with Gasteiger partial charge in [-0.1, -0.05) is 0 Å². The van der Waals surface area contributed by atoms with Crippen molar-refractivity contribution in [2.45, 2.75) is 19.0 Å². The minimum atomic E-state index is -2.38. The van der Waals surface area contributed by atoms with E-state index < -0.39 is 24.1 Å². The number of rotatable bonds is 2. The maximum Gasteiger partial charge on any atom is 0.343 e. The summed E-state index contributed by atoms with van der Waals surface area (Å²) in [5.74, 6) is -1.96. The molecule has 1 aliphatic rings. The highest BCUT2D eigenvalue weighted by Crippen LogP contribution is 2.31. The summed E-state index contributed by atoms with van der Waals surface area (Å²) < 4.78 is 20.3. The molecule has 0 saturated carbocycles. The summed E-state index contributed by atoms with van der Waals surface area (Å²) in [4.78, 5) is 24.5. The largest absolute Gasteiger partial charge is 0.479 e. The van der Waals surface area contributed by atoms with Gasteiger partial charge in [0.15, 0.2) is 5.76 Å². The molecule has 1 amide bonds. The van der Waals surface area contributed by atoms with Gasteiger partial charge >= 0.3 is 5.97 Å². The van der Waals surface area contributed by atoms with E-state index in [1.54, 1.807) is 6.07 Å². The molecule has 22 heavy (non-hydrogen) atoms. The van der Waals surface area contributed by atoms with E-state index >= 15 is 0 Å². The minimum Gasteiger partial charge on any atom is -0.479 e. The van der Waals surface area contributed by atoms with E-state index in [0.29, 0.717) is 5.58 Å². The number of amides is 1. The molecule has 3 rings (SSSR count). The number of hydrogen-bond donors (Lipinski definition) is 1. The van der Waals surface area contributed by atoms with Crippen LogP contribution in [0.15, 0.2) is 27.1 Å². The average Bonchev–Trinajstić information content (AvgIpc) is 3.03. The molecule has 1 fully saturated rings. The van der Waals surface area contributed by atoms with E-state index in [0.717, 1.165) is 15.4 Å². The van der Waals surface area contributed by atoms with Gasteiger partial charge in [-0.2, -0.15) is 0 Å². The van der Waals surface area contributed by atoms with Gasteiger partial charge in [-0.15, -0.1) is 0 Å². The lowest BCUT2D eigenvalue weighted by molar-refractivity contribution is -0.149. The molecule has 7 heteroatoms. The Morgan fingerprint density at radius 3 is 2.77 bits per heavy atom. The summed E-state index contributed by atoms with van der Waals surface area (Å²) in [6, 6.07) is 5.34. The molecule has 0 aliphatic carbocycles. The molecule has 1 unspecified atom stereocenters. The van der Waals surface area contributed by atoms with Crippen LogP contribution >= 0.6 is 15.9 Å². The third-order valence-corrected chi connectivity index (χ3v) is 4.41. The molecule has 1 N–H and O–H groups in total. The molecule has 1 saturated heterocycles. The molecule has 1 aromatic carbocycles. The van der Waals surface area contributed by atoms with Gasteiger partial charge in [0, 0.05) is 18.4 Å². The highest BCUT2D eigenvalue weighted by Gasteiger charge is 2.47. The van der Waals surface area contributed by atoms with Crippen LogP contribution in [-0.4, -0.2) is 40.6 Å². The molecule has 116 valence electrons. The lowest BCUT2D eigenvalue weighted by atomic mass is 10.1. The maximum atomic E-state index is 14.1. The number of aryl methyl sites for hydroxylation is 1. The number of halogens is 2. The third-order valence-electron chi connectivity index (χ3n) is 3.82. The summed E-state index contributed by atoms with van der Waals surface area (Å²) in [6.45, 7) is 1.51. The SMILES string of the molecule is Cc1cc(Br)c2oc(C(=O)N3CCC(F)(C(=O)O)C3)cc2c1. The van der Waals surface area contributed by atoms with E-state index in [1.165, 1.54) is 4.90 Å². The van der Waals surface area contributed by atoms with Gasteiger partial charge in [0.25, 0.3) is 5.91 Å². The second kappa shape index (κ2) is 5.08. The van der Waals surface area contributed by atoms with Crippen LogP contribution in [0.2, 0.25) is 0 Å². The third kappa shape index (κ3) is 2.39. The summed E-state index contributed by atoms with van der Waals surface area (Å²) in [7, 11) is 0. The van der Waals surface area contributed by atoms with E-state index in [4.69, 9.17) is 9.52 Å². The number of aliphatic carboxylic acids is 1. The fourth-order valence-electron chi connectivity index (χ4n) is 2.63. The number of carbonyl (C=O) groups excluding carboxylic acids is 1. The Bertz CT molecular complexity index is 787. The van der Waals surface area contributed by atoms with Crippen LogP contribution < -0.4 is 0 Å². The normalized spacial score (nSPS) is 21.5. The van der Waals surface area contributed by atoms with Crippen LogP contribution in [0.1, 0.15) is 22.5 Å². The summed E-state index contributed by atoms with van der Waals surface area (Å²) in [5, 5.41) is 9.64. The zero-order chi connectivity index (χ0) is 16.1. The number of nitrogens with zero attached hydrogens (tertiary/aromatic N) is 1. The number of alkyl halides is 1. The van der Waals surface area contributed by atoms with Crippen molar-refractivity contribution in [3.05, 3.63) is 34.0 Å². The van der Waals surface area contributed by atoms with Crippen LogP contribution in [-0.2, 0) is 4.79 Å². The van der Waals surface area contributed by atoms with E-state index in [-0.39, 0.29) is 18.7 Å². The Hall–Kier alpha value is -1.89. The standard InChI is InChI=1S/C15H13BrFNO4/c1-8-4-9-6-11(22-12(9)10(16)5-8)13(19)18-3-2-15(17,7-18)14(20)21/h4-6H,2-3,7H2,1H3,(H,20,21). The fraction of sp³-hybridized carbons (Fsp3) is 0.333. The van der Waals surface area contributed by atoms with Crippen LogP contribution in [0.4, 0.5) is 4.39 Å². The zero-order valence-corrected chi connectivity index (χ0v) is 13.3. The van der Waals surface area contributed by atoms with Gasteiger partial charge in [0.1, 0.15) is 5.58 Å². The number of benzene rings is 1. The van der Waals surface area contributed by atoms with Crippen molar-refractivity contribution < 1.29 is 23.5 Å².